The first kappa shape index (κ1) is 24.4. The Balaban J connectivity index is 1.15. The van der Waals surface area contributed by atoms with E-state index >= 15 is 0 Å². The minimum Gasteiger partial charge on any atom is -0.339 e. The van der Waals surface area contributed by atoms with Crippen LogP contribution in [0.2, 0.25) is 0 Å². The lowest BCUT2D eigenvalue weighted by atomic mass is 10.1. The third-order valence-electron chi connectivity index (χ3n) is 6.84. The first-order valence-corrected chi connectivity index (χ1v) is 12.5. The largest absolute Gasteiger partial charge is 0.339 e. The van der Waals surface area contributed by atoms with Crippen molar-refractivity contribution in [1.29, 1.82) is 0 Å². The highest BCUT2D eigenvalue weighted by atomic mass is 16.2. The van der Waals surface area contributed by atoms with Gasteiger partial charge >= 0.3 is 0 Å². The fourth-order valence-electron chi connectivity index (χ4n) is 4.74. The summed E-state index contributed by atoms with van der Waals surface area (Å²) in [6.07, 6.45) is 0.888. The summed E-state index contributed by atoms with van der Waals surface area (Å²) >= 11 is 0. The summed E-state index contributed by atoms with van der Waals surface area (Å²) in [6, 6.07) is 18.5. The molecule has 2 saturated heterocycles. The minimum atomic E-state index is 0.00838. The second kappa shape index (κ2) is 12.1. The first-order valence-electron chi connectivity index (χ1n) is 12.5. The Labute approximate surface area is 203 Å². The van der Waals surface area contributed by atoms with Gasteiger partial charge in [0.15, 0.2) is 0 Å². The van der Waals surface area contributed by atoms with E-state index < -0.39 is 0 Å². The van der Waals surface area contributed by atoms with Gasteiger partial charge in [0.1, 0.15) is 0 Å². The van der Waals surface area contributed by atoms with Crippen LogP contribution < -0.4 is 5.32 Å². The molecule has 0 aliphatic carbocycles. The van der Waals surface area contributed by atoms with E-state index in [2.05, 4.69) is 51.2 Å². The topological polar surface area (TPSA) is 59.1 Å². The summed E-state index contributed by atoms with van der Waals surface area (Å²) in [4.78, 5) is 34.2. The van der Waals surface area contributed by atoms with Gasteiger partial charge in [0, 0.05) is 64.6 Å². The van der Waals surface area contributed by atoms with E-state index in [0.717, 1.165) is 63.5 Å². The number of nitrogens with one attached hydrogen (secondary N) is 1. The maximum atomic E-state index is 12.9. The van der Waals surface area contributed by atoms with Crippen LogP contribution >= 0.6 is 0 Å². The van der Waals surface area contributed by atoms with Gasteiger partial charge in [0.25, 0.3) is 0 Å². The van der Waals surface area contributed by atoms with Crippen LogP contribution in [-0.2, 0) is 22.6 Å². The molecule has 0 aromatic heterocycles. The number of hydrogen-bond acceptors (Lipinski definition) is 5. The molecule has 4 rings (SSSR count). The second-order valence-electron chi connectivity index (χ2n) is 9.25. The second-order valence-corrected chi connectivity index (χ2v) is 9.25. The Morgan fingerprint density at radius 1 is 0.735 bits per heavy atom. The van der Waals surface area contributed by atoms with Crippen LogP contribution in [0.4, 0.5) is 5.69 Å². The van der Waals surface area contributed by atoms with Gasteiger partial charge in [0.05, 0.1) is 13.1 Å². The molecule has 34 heavy (non-hydrogen) atoms. The molecule has 0 atom stereocenters. The molecule has 0 spiro atoms. The quantitative estimate of drug-likeness (QED) is 0.650. The van der Waals surface area contributed by atoms with Crippen LogP contribution in [0.1, 0.15) is 18.1 Å². The number of piperazine rings is 2. The third-order valence-corrected chi connectivity index (χ3v) is 6.84. The predicted molar refractivity (Wildman–Crippen MR) is 136 cm³/mol. The van der Waals surface area contributed by atoms with E-state index in [4.69, 9.17) is 0 Å². The number of para-hydroxylation sites is 1. The Hall–Kier alpha value is -2.74. The fraction of sp³-hybridized carbons (Fsp3) is 0.481. The molecular weight excluding hydrogens is 426 g/mol. The smallest absolute Gasteiger partial charge is 0.238 e. The number of rotatable bonds is 8. The average molecular weight is 464 g/mol. The number of aryl methyl sites for hydroxylation is 1. The summed E-state index contributed by atoms with van der Waals surface area (Å²) in [5.41, 5.74) is 3.38. The highest BCUT2D eigenvalue weighted by Crippen LogP contribution is 2.15. The molecule has 2 aromatic rings. The van der Waals surface area contributed by atoms with Gasteiger partial charge < -0.3 is 10.2 Å². The minimum absolute atomic E-state index is 0.00838. The lowest BCUT2D eigenvalue weighted by Gasteiger charge is -2.37. The van der Waals surface area contributed by atoms with E-state index in [9.17, 15) is 9.59 Å². The first-order chi connectivity index (χ1) is 16.6. The van der Waals surface area contributed by atoms with Gasteiger partial charge in [-0.3, -0.25) is 24.3 Å². The Morgan fingerprint density at radius 2 is 1.32 bits per heavy atom. The number of amides is 2. The van der Waals surface area contributed by atoms with Crippen molar-refractivity contribution in [1.82, 2.24) is 19.6 Å². The van der Waals surface area contributed by atoms with Crippen molar-refractivity contribution in [2.45, 2.75) is 19.9 Å². The van der Waals surface area contributed by atoms with E-state index in [1.54, 1.807) is 0 Å². The molecule has 2 amide bonds. The monoisotopic (exact) mass is 463 g/mol. The zero-order valence-corrected chi connectivity index (χ0v) is 20.3. The lowest BCUT2D eigenvalue weighted by molar-refractivity contribution is -0.134. The van der Waals surface area contributed by atoms with Crippen molar-refractivity contribution in [3.05, 3.63) is 65.7 Å². The van der Waals surface area contributed by atoms with Crippen molar-refractivity contribution in [2.75, 3.05) is 70.8 Å². The molecule has 7 nitrogen and oxygen atoms in total. The molecular formula is C27H37N5O2. The van der Waals surface area contributed by atoms with Crippen LogP contribution in [0, 0.1) is 0 Å². The molecule has 0 saturated carbocycles. The molecule has 2 heterocycles. The Morgan fingerprint density at radius 3 is 2.03 bits per heavy atom. The predicted octanol–water partition coefficient (Wildman–Crippen LogP) is 2.15. The number of anilines is 1. The molecule has 2 aromatic carbocycles. The molecule has 2 aliphatic rings. The number of nitrogens with zero attached hydrogens (tertiary/aromatic N) is 4. The summed E-state index contributed by atoms with van der Waals surface area (Å²) < 4.78 is 0. The summed E-state index contributed by atoms with van der Waals surface area (Å²) in [5.74, 6) is 0.214. The fourth-order valence-corrected chi connectivity index (χ4v) is 4.74. The molecule has 0 unspecified atom stereocenters. The zero-order chi connectivity index (χ0) is 23.8. The maximum absolute atomic E-state index is 12.9. The molecule has 2 fully saturated rings. The lowest BCUT2D eigenvalue weighted by Crippen LogP contribution is -2.54. The van der Waals surface area contributed by atoms with Crippen LogP contribution in [0.15, 0.2) is 54.6 Å². The Bertz CT molecular complexity index is 935. The molecule has 0 bridgehead atoms. The highest BCUT2D eigenvalue weighted by Gasteiger charge is 2.25. The van der Waals surface area contributed by atoms with E-state index in [-0.39, 0.29) is 11.8 Å². The number of hydrogen-bond donors (Lipinski definition) is 1. The van der Waals surface area contributed by atoms with Crippen molar-refractivity contribution in [2.24, 2.45) is 0 Å². The summed E-state index contributed by atoms with van der Waals surface area (Å²) in [6.45, 7) is 10.6. The van der Waals surface area contributed by atoms with Gasteiger partial charge in [-0.1, -0.05) is 55.5 Å². The van der Waals surface area contributed by atoms with Crippen molar-refractivity contribution in [3.8, 4) is 0 Å². The van der Waals surface area contributed by atoms with Crippen LogP contribution in [0.5, 0.6) is 0 Å². The molecule has 2 aliphatic heterocycles. The van der Waals surface area contributed by atoms with Crippen LogP contribution in [0.25, 0.3) is 0 Å². The standard InChI is InChI=1S/C27H37N5O2/c1-2-24-10-6-7-11-25(24)28-26(33)21-30-16-18-32(19-17-30)27(34)22-31-14-12-29(13-15-31)20-23-8-4-3-5-9-23/h3-11H,2,12-22H2,1H3,(H,28,33). The van der Waals surface area contributed by atoms with E-state index in [1.807, 2.05) is 35.2 Å². The molecule has 0 radical (unpaired) electrons. The average Bonchev–Trinajstić information content (AvgIpc) is 2.86. The van der Waals surface area contributed by atoms with Gasteiger partial charge in [0.2, 0.25) is 11.8 Å². The SMILES string of the molecule is CCc1ccccc1NC(=O)CN1CCN(C(=O)CN2CCN(Cc3ccccc3)CC2)CC1. The third kappa shape index (κ3) is 6.88. The van der Waals surface area contributed by atoms with Gasteiger partial charge in [-0.2, -0.15) is 0 Å². The van der Waals surface area contributed by atoms with Crippen molar-refractivity contribution in [3.63, 3.8) is 0 Å². The van der Waals surface area contributed by atoms with E-state index in [0.29, 0.717) is 26.2 Å². The van der Waals surface area contributed by atoms with E-state index in [1.165, 1.54) is 5.56 Å². The Kier molecular flexibility index (Phi) is 8.68. The molecule has 182 valence electrons. The van der Waals surface area contributed by atoms with Gasteiger partial charge in [-0.25, -0.2) is 0 Å². The zero-order valence-electron chi connectivity index (χ0n) is 20.3. The van der Waals surface area contributed by atoms with Crippen LogP contribution in [-0.4, -0.2) is 96.9 Å². The maximum Gasteiger partial charge on any atom is 0.238 e. The number of carbonyl (C=O) groups excluding carboxylic acids is 2. The van der Waals surface area contributed by atoms with Crippen molar-refractivity contribution >= 4 is 17.5 Å². The summed E-state index contributed by atoms with van der Waals surface area (Å²) in [5, 5.41) is 3.04. The molecule has 7 heteroatoms. The van der Waals surface area contributed by atoms with Crippen molar-refractivity contribution < 1.29 is 9.59 Å². The highest BCUT2D eigenvalue weighted by molar-refractivity contribution is 5.93. The number of carbonyl (C=O) groups is 2. The summed E-state index contributed by atoms with van der Waals surface area (Å²) in [7, 11) is 0. The normalized spacial score (nSPS) is 18.1. The van der Waals surface area contributed by atoms with Gasteiger partial charge in [-0.15, -0.1) is 0 Å². The molecule has 1 N–H and O–H groups in total. The number of benzene rings is 2. The van der Waals surface area contributed by atoms with Gasteiger partial charge in [-0.05, 0) is 23.6 Å². The van der Waals surface area contributed by atoms with Crippen LogP contribution in [0.3, 0.4) is 0 Å².